The van der Waals surface area contributed by atoms with E-state index in [2.05, 4.69) is 15.9 Å². The second kappa shape index (κ2) is 6.27. The van der Waals surface area contributed by atoms with Crippen LogP contribution in [0.15, 0.2) is 44.3 Å². The first-order valence-corrected chi connectivity index (χ1v) is 8.17. The molecule has 0 saturated carbocycles. The zero-order chi connectivity index (χ0) is 15.6. The van der Waals surface area contributed by atoms with E-state index in [9.17, 15) is 12.8 Å². The maximum atomic E-state index is 13.1. The number of hydrogen-bond acceptors (Lipinski definition) is 4. The maximum Gasteiger partial charge on any atom is 0.247 e. The highest BCUT2D eigenvalue weighted by Crippen LogP contribution is 2.29. The molecule has 0 saturated heterocycles. The van der Waals surface area contributed by atoms with Gasteiger partial charge < -0.3 is 9.52 Å². The Labute approximate surface area is 130 Å². The van der Waals surface area contributed by atoms with Gasteiger partial charge in [0.05, 0.1) is 0 Å². The molecule has 0 spiro atoms. The molecular weight excluding hydrogens is 365 g/mol. The van der Waals surface area contributed by atoms with Crippen LogP contribution < -0.4 is 0 Å². The Morgan fingerprint density at radius 3 is 2.67 bits per heavy atom. The normalized spacial score (nSPS) is 12.0. The average molecular weight is 378 g/mol. The van der Waals surface area contributed by atoms with E-state index < -0.39 is 22.4 Å². The van der Waals surface area contributed by atoms with Gasteiger partial charge in [-0.25, -0.2) is 12.8 Å². The molecule has 1 N–H and O–H groups in total. The van der Waals surface area contributed by atoms with E-state index >= 15 is 0 Å². The molecule has 2 aromatic rings. The van der Waals surface area contributed by atoms with E-state index in [0.29, 0.717) is 5.56 Å². The summed E-state index contributed by atoms with van der Waals surface area (Å²) in [6.07, 6.45) is 0. The second-order valence-corrected chi connectivity index (χ2v) is 7.13. The zero-order valence-corrected chi connectivity index (χ0v) is 13.5. The highest BCUT2D eigenvalue weighted by atomic mass is 79.9. The Bertz CT molecular complexity index is 744. The van der Waals surface area contributed by atoms with Gasteiger partial charge in [0.25, 0.3) is 0 Å². The van der Waals surface area contributed by atoms with E-state index in [1.165, 1.54) is 31.3 Å². The number of nitrogens with zero attached hydrogens (tertiary/aromatic N) is 1. The minimum absolute atomic E-state index is 0.0200. The van der Waals surface area contributed by atoms with Gasteiger partial charge in [0.2, 0.25) is 10.0 Å². The van der Waals surface area contributed by atoms with Crippen LogP contribution in [0.4, 0.5) is 4.39 Å². The molecule has 0 radical (unpaired) electrons. The van der Waals surface area contributed by atoms with E-state index in [-0.39, 0.29) is 21.9 Å². The van der Waals surface area contributed by atoms with Crippen LogP contribution in [0.5, 0.6) is 0 Å². The SMILES string of the molecule is CN(Cc1cccc(F)c1)S(=O)(=O)c1cc(CO)oc1Br. The lowest BCUT2D eigenvalue weighted by molar-refractivity contribution is 0.245. The third kappa shape index (κ3) is 3.52. The maximum absolute atomic E-state index is 13.1. The molecule has 1 aromatic carbocycles. The number of hydrogen-bond donors (Lipinski definition) is 1. The van der Waals surface area contributed by atoms with Crippen LogP contribution in [-0.2, 0) is 23.2 Å². The summed E-state index contributed by atoms with van der Waals surface area (Å²) >= 11 is 3.02. The number of sulfonamides is 1. The molecule has 21 heavy (non-hydrogen) atoms. The number of halogens is 2. The van der Waals surface area contributed by atoms with Gasteiger partial charge in [0.15, 0.2) is 4.67 Å². The van der Waals surface area contributed by atoms with Crippen molar-refractivity contribution in [3.63, 3.8) is 0 Å². The van der Waals surface area contributed by atoms with Crippen molar-refractivity contribution in [3.05, 3.63) is 52.1 Å². The van der Waals surface area contributed by atoms with Crippen LogP contribution >= 0.6 is 15.9 Å². The predicted octanol–water partition coefficient (Wildman–Crippen LogP) is 2.49. The first-order valence-electron chi connectivity index (χ1n) is 5.94. The highest BCUT2D eigenvalue weighted by molar-refractivity contribution is 9.10. The van der Waals surface area contributed by atoms with Crippen molar-refractivity contribution in [3.8, 4) is 0 Å². The molecular formula is C13H13BrFNO4S. The van der Waals surface area contributed by atoms with E-state index in [0.717, 1.165) is 4.31 Å². The van der Waals surface area contributed by atoms with Crippen LogP contribution in [0.1, 0.15) is 11.3 Å². The lowest BCUT2D eigenvalue weighted by Crippen LogP contribution is -2.26. The summed E-state index contributed by atoms with van der Waals surface area (Å²) in [5, 5.41) is 8.98. The Morgan fingerprint density at radius 1 is 1.38 bits per heavy atom. The largest absolute Gasteiger partial charge is 0.450 e. The number of aliphatic hydroxyl groups is 1. The molecule has 0 aliphatic carbocycles. The fourth-order valence-corrected chi connectivity index (χ4v) is 3.91. The van der Waals surface area contributed by atoms with Gasteiger partial charge in [-0.15, -0.1) is 0 Å². The van der Waals surface area contributed by atoms with E-state index in [1.807, 2.05) is 0 Å². The Hall–Kier alpha value is -1.22. The van der Waals surface area contributed by atoms with Crippen molar-refractivity contribution < 1.29 is 22.3 Å². The summed E-state index contributed by atoms with van der Waals surface area (Å²) in [4.78, 5) is -0.0783. The van der Waals surface area contributed by atoms with Gasteiger partial charge in [0.1, 0.15) is 23.1 Å². The number of benzene rings is 1. The summed E-state index contributed by atoms with van der Waals surface area (Å²) in [6, 6.07) is 6.97. The average Bonchev–Trinajstić information content (AvgIpc) is 2.80. The fourth-order valence-electron chi connectivity index (χ4n) is 1.80. The molecule has 0 amide bonds. The lowest BCUT2D eigenvalue weighted by atomic mass is 10.2. The minimum atomic E-state index is -3.81. The van der Waals surface area contributed by atoms with Gasteiger partial charge in [-0.2, -0.15) is 4.31 Å². The van der Waals surface area contributed by atoms with Gasteiger partial charge in [0, 0.05) is 19.7 Å². The monoisotopic (exact) mass is 377 g/mol. The molecule has 0 fully saturated rings. The number of aliphatic hydroxyl groups excluding tert-OH is 1. The van der Waals surface area contributed by atoms with E-state index in [1.54, 1.807) is 6.07 Å². The van der Waals surface area contributed by atoms with Crippen molar-refractivity contribution in [2.24, 2.45) is 0 Å². The number of furan rings is 1. The zero-order valence-electron chi connectivity index (χ0n) is 11.1. The molecule has 0 aliphatic heterocycles. The molecule has 0 bridgehead atoms. The van der Waals surface area contributed by atoms with Crippen molar-refractivity contribution >= 4 is 26.0 Å². The highest BCUT2D eigenvalue weighted by Gasteiger charge is 2.27. The van der Waals surface area contributed by atoms with Crippen LogP contribution in [0.2, 0.25) is 0 Å². The first kappa shape index (κ1) is 16.2. The topological polar surface area (TPSA) is 70.8 Å². The van der Waals surface area contributed by atoms with Crippen molar-refractivity contribution in [1.29, 1.82) is 0 Å². The molecule has 114 valence electrons. The van der Waals surface area contributed by atoms with Crippen LogP contribution in [0, 0.1) is 5.82 Å². The smallest absolute Gasteiger partial charge is 0.247 e. The fraction of sp³-hybridized carbons (Fsp3) is 0.231. The molecule has 0 atom stereocenters. The quantitative estimate of drug-likeness (QED) is 0.868. The molecule has 1 heterocycles. The van der Waals surface area contributed by atoms with Gasteiger partial charge >= 0.3 is 0 Å². The third-order valence-corrected chi connectivity index (χ3v) is 5.51. The Balaban J connectivity index is 2.28. The Kier molecular flexibility index (Phi) is 4.82. The van der Waals surface area contributed by atoms with Gasteiger partial charge in [-0.3, -0.25) is 0 Å². The molecule has 2 rings (SSSR count). The van der Waals surface area contributed by atoms with Gasteiger partial charge in [-0.1, -0.05) is 12.1 Å². The summed E-state index contributed by atoms with van der Waals surface area (Å²) < 4.78 is 44.2. The lowest BCUT2D eigenvalue weighted by Gasteiger charge is -2.16. The second-order valence-electron chi connectivity index (χ2n) is 4.40. The molecule has 8 heteroatoms. The van der Waals surface area contributed by atoms with Crippen molar-refractivity contribution in [2.75, 3.05) is 7.05 Å². The molecule has 0 unspecified atom stereocenters. The number of rotatable bonds is 5. The van der Waals surface area contributed by atoms with Crippen LogP contribution in [0.25, 0.3) is 0 Å². The van der Waals surface area contributed by atoms with Crippen LogP contribution in [0.3, 0.4) is 0 Å². The minimum Gasteiger partial charge on any atom is -0.450 e. The third-order valence-electron chi connectivity index (χ3n) is 2.84. The van der Waals surface area contributed by atoms with Crippen LogP contribution in [-0.4, -0.2) is 24.9 Å². The summed E-state index contributed by atoms with van der Waals surface area (Å²) in [5.74, 6) is -0.287. The Morgan fingerprint density at radius 2 is 2.10 bits per heavy atom. The molecule has 0 aliphatic rings. The first-order chi connectivity index (χ1) is 9.84. The molecule has 5 nitrogen and oxygen atoms in total. The van der Waals surface area contributed by atoms with Crippen molar-refractivity contribution in [1.82, 2.24) is 4.31 Å². The summed E-state index contributed by atoms with van der Waals surface area (Å²) in [5.41, 5.74) is 0.531. The predicted molar refractivity (Wildman–Crippen MR) is 77.4 cm³/mol. The van der Waals surface area contributed by atoms with E-state index in [4.69, 9.17) is 9.52 Å². The van der Waals surface area contributed by atoms with Crippen molar-refractivity contribution in [2.45, 2.75) is 18.0 Å². The standard InChI is InChI=1S/C13H13BrFNO4S/c1-16(7-9-3-2-4-10(15)5-9)21(18,19)12-6-11(8-17)20-13(12)14/h2-6,17H,7-8H2,1H3. The summed E-state index contributed by atoms with van der Waals surface area (Å²) in [6.45, 7) is -0.381. The van der Waals surface area contributed by atoms with Gasteiger partial charge in [-0.05, 0) is 33.6 Å². The molecule has 1 aromatic heterocycles. The summed E-state index contributed by atoms with van der Waals surface area (Å²) in [7, 11) is -2.42.